The summed E-state index contributed by atoms with van der Waals surface area (Å²) < 4.78 is 5.36. The molecule has 0 fully saturated rings. The summed E-state index contributed by atoms with van der Waals surface area (Å²) in [7, 11) is 1.63. The summed E-state index contributed by atoms with van der Waals surface area (Å²) in [4.78, 5) is 14.7. The molecule has 0 aliphatic carbocycles. The topological polar surface area (TPSA) is 65.3 Å². The van der Waals surface area contributed by atoms with Gasteiger partial charge in [0.1, 0.15) is 5.75 Å². The Labute approximate surface area is 123 Å². The van der Waals surface area contributed by atoms with Gasteiger partial charge in [0.25, 0.3) is 5.69 Å². The highest BCUT2D eigenvalue weighted by molar-refractivity contribution is 5.71. The number of rotatable bonds is 4. The van der Waals surface area contributed by atoms with Crippen LogP contribution in [0.2, 0.25) is 0 Å². The fraction of sp³-hybridized carbons (Fsp3) is 0.188. The van der Waals surface area contributed by atoms with E-state index in [4.69, 9.17) is 4.74 Å². The third-order valence-corrected chi connectivity index (χ3v) is 3.20. The molecule has 1 aromatic carbocycles. The summed E-state index contributed by atoms with van der Waals surface area (Å²) >= 11 is 0. The van der Waals surface area contributed by atoms with E-state index >= 15 is 0 Å². The second-order valence-corrected chi connectivity index (χ2v) is 4.67. The Kier molecular flexibility index (Phi) is 4.33. The van der Waals surface area contributed by atoms with Gasteiger partial charge in [0, 0.05) is 29.5 Å². The number of hydrogen-bond acceptors (Lipinski definition) is 4. The number of non-ortho nitro benzene ring substituents is 1. The van der Waals surface area contributed by atoms with Crippen LogP contribution in [0.15, 0.2) is 30.5 Å². The summed E-state index contributed by atoms with van der Waals surface area (Å²) in [6, 6.07) is 6.46. The van der Waals surface area contributed by atoms with Gasteiger partial charge >= 0.3 is 0 Å². The van der Waals surface area contributed by atoms with Crippen molar-refractivity contribution in [1.82, 2.24) is 4.98 Å². The fourth-order valence-electron chi connectivity index (χ4n) is 2.13. The van der Waals surface area contributed by atoms with Crippen molar-refractivity contribution in [2.75, 3.05) is 7.11 Å². The van der Waals surface area contributed by atoms with Crippen LogP contribution in [-0.4, -0.2) is 17.0 Å². The number of ether oxygens (including phenoxy) is 1. The van der Waals surface area contributed by atoms with Crippen LogP contribution in [0.4, 0.5) is 5.69 Å². The second-order valence-electron chi connectivity index (χ2n) is 4.67. The first-order valence-electron chi connectivity index (χ1n) is 6.45. The SMILES string of the molecule is COc1c(C)cnc(/C=C/c2cccc([N+](=O)[O-])c2)c1C. The molecule has 0 spiro atoms. The average Bonchev–Trinajstić information content (AvgIpc) is 2.47. The van der Waals surface area contributed by atoms with Gasteiger partial charge in [0.05, 0.1) is 17.7 Å². The summed E-state index contributed by atoms with van der Waals surface area (Å²) in [6.45, 7) is 3.87. The van der Waals surface area contributed by atoms with Crippen molar-refractivity contribution in [1.29, 1.82) is 0 Å². The van der Waals surface area contributed by atoms with Crippen molar-refractivity contribution in [3.63, 3.8) is 0 Å². The van der Waals surface area contributed by atoms with Crippen molar-refractivity contribution in [3.8, 4) is 5.75 Å². The minimum atomic E-state index is -0.407. The number of nitro benzene ring substituents is 1. The molecule has 21 heavy (non-hydrogen) atoms. The third-order valence-electron chi connectivity index (χ3n) is 3.20. The van der Waals surface area contributed by atoms with Gasteiger partial charge < -0.3 is 4.74 Å². The molecule has 5 nitrogen and oxygen atoms in total. The molecule has 1 aromatic heterocycles. The molecule has 0 unspecified atom stereocenters. The smallest absolute Gasteiger partial charge is 0.270 e. The van der Waals surface area contributed by atoms with Crippen molar-refractivity contribution in [2.45, 2.75) is 13.8 Å². The lowest BCUT2D eigenvalue weighted by molar-refractivity contribution is -0.384. The number of pyridine rings is 1. The first kappa shape index (κ1) is 14.7. The van der Waals surface area contributed by atoms with E-state index in [0.29, 0.717) is 0 Å². The molecule has 0 bridgehead atoms. The molecule has 0 aliphatic rings. The van der Waals surface area contributed by atoms with Gasteiger partial charge in [-0.1, -0.05) is 18.2 Å². The van der Waals surface area contributed by atoms with E-state index in [1.54, 1.807) is 25.4 Å². The second kappa shape index (κ2) is 6.17. The molecular weight excluding hydrogens is 268 g/mol. The van der Waals surface area contributed by atoms with Crippen LogP contribution in [0.1, 0.15) is 22.4 Å². The van der Waals surface area contributed by atoms with Gasteiger partial charge in [-0.15, -0.1) is 0 Å². The number of nitro groups is 1. The maximum atomic E-state index is 10.8. The number of nitrogens with zero attached hydrogens (tertiary/aromatic N) is 2. The highest BCUT2D eigenvalue weighted by atomic mass is 16.6. The van der Waals surface area contributed by atoms with Crippen molar-refractivity contribution < 1.29 is 9.66 Å². The molecule has 5 heteroatoms. The zero-order chi connectivity index (χ0) is 15.4. The van der Waals surface area contributed by atoms with E-state index in [2.05, 4.69) is 4.98 Å². The molecule has 0 aliphatic heterocycles. The highest BCUT2D eigenvalue weighted by Gasteiger charge is 2.07. The average molecular weight is 284 g/mol. The predicted molar refractivity (Wildman–Crippen MR) is 82.3 cm³/mol. The number of aromatic nitrogens is 1. The standard InChI is InChI=1S/C16H16N2O3/c1-11-10-17-15(12(2)16(11)21-3)8-7-13-5-4-6-14(9-13)18(19)20/h4-10H,1-3H3/b8-7+. The number of methoxy groups -OCH3 is 1. The molecule has 0 N–H and O–H groups in total. The monoisotopic (exact) mass is 284 g/mol. The van der Waals surface area contributed by atoms with Crippen molar-refractivity contribution in [2.24, 2.45) is 0 Å². The Morgan fingerprint density at radius 2 is 2.05 bits per heavy atom. The summed E-state index contributed by atoms with van der Waals surface area (Å²) in [5.41, 5.74) is 3.53. The van der Waals surface area contributed by atoms with Crippen LogP contribution in [-0.2, 0) is 0 Å². The largest absolute Gasteiger partial charge is 0.496 e. The lowest BCUT2D eigenvalue weighted by atomic mass is 10.1. The Balaban J connectivity index is 2.34. The summed E-state index contributed by atoms with van der Waals surface area (Å²) in [5.74, 6) is 0.809. The molecule has 0 atom stereocenters. The zero-order valence-electron chi connectivity index (χ0n) is 12.2. The minimum Gasteiger partial charge on any atom is -0.496 e. The van der Waals surface area contributed by atoms with Crippen LogP contribution >= 0.6 is 0 Å². The van der Waals surface area contributed by atoms with E-state index in [1.165, 1.54) is 12.1 Å². The van der Waals surface area contributed by atoms with Gasteiger partial charge in [-0.2, -0.15) is 0 Å². The van der Waals surface area contributed by atoms with Crippen molar-refractivity contribution >= 4 is 17.8 Å². The molecular formula is C16H16N2O3. The van der Waals surface area contributed by atoms with Gasteiger partial charge in [0.2, 0.25) is 0 Å². The van der Waals surface area contributed by atoms with Crippen LogP contribution in [0, 0.1) is 24.0 Å². The van der Waals surface area contributed by atoms with E-state index in [1.807, 2.05) is 26.0 Å². The van der Waals surface area contributed by atoms with Gasteiger partial charge in [-0.3, -0.25) is 15.1 Å². The minimum absolute atomic E-state index is 0.0725. The number of hydrogen-bond donors (Lipinski definition) is 0. The van der Waals surface area contributed by atoms with Crippen molar-refractivity contribution in [3.05, 3.63) is 63.0 Å². The lowest BCUT2D eigenvalue weighted by Gasteiger charge is -2.09. The maximum Gasteiger partial charge on any atom is 0.270 e. The highest BCUT2D eigenvalue weighted by Crippen LogP contribution is 2.25. The summed E-state index contributed by atoms with van der Waals surface area (Å²) in [6.07, 6.45) is 5.38. The maximum absolute atomic E-state index is 10.8. The van der Waals surface area contributed by atoms with E-state index in [0.717, 1.165) is 28.1 Å². The third kappa shape index (κ3) is 3.25. The molecule has 108 valence electrons. The quantitative estimate of drug-likeness (QED) is 0.633. The van der Waals surface area contributed by atoms with Gasteiger partial charge in [-0.05, 0) is 25.5 Å². The fourth-order valence-corrected chi connectivity index (χ4v) is 2.13. The van der Waals surface area contributed by atoms with Gasteiger partial charge in [-0.25, -0.2) is 0 Å². The van der Waals surface area contributed by atoms with E-state index in [-0.39, 0.29) is 5.69 Å². The Bertz CT molecular complexity index is 709. The Hall–Kier alpha value is -2.69. The van der Waals surface area contributed by atoms with E-state index < -0.39 is 4.92 Å². The lowest BCUT2D eigenvalue weighted by Crippen LogP contribution is -1.96. The zero-order valence-corrected chi connectivity index (χ0v) is 12.2. The molecule has 2 rings (SSSR count). The van der Waals surface area contributed by atoms with Crippen LogP contribution in [0.5, 0.6) is 5.75 Å². The predicted octanol–water partition coefficient (Wildman–Crippen LogP) is 3.79. The van der Waals surface area contributed by atoms with Gasteiger partial charge in [0.15, 0.2) is 0 Å². The molecule has 0 saturated carbocycles. The van der Waals surface area contributed by atoms with E-state index in [9.17, 15) is 10.1 Å². The molecule has 2 aromatic rings. The molecule has 1 heterocycles. The van der Waals surface area contributed by atoms with Crippen LogP contribution in [0.25, 0.3) is 12.2 Å². The molecule has 0 amide bonds. The number of aryl methyl sites for hydroxylation is 1. The summed E-state index contributed by atoms with van der Waals surface area (Å²) in [5, 5.41) is 10.8. The number of benzene rings is 1. The first-order valence-corrected chi connectivity index (χ1v) is 6.45. The normalized spacial score (nSPS) is 10.8. The van der Waals surface area contributed by atoms with Crippen LogP contribution < -0.4 is 4.74 Å². The Morgan fingerprint density at radius 1 is 1.29 bits per heavy atom. The Morgan fingerprint density at radius 3 is 2.71 bits per heavy atom. The molecule has 0 saturated heterocycles. The first-order chi connectivity index (χ1) is 10.0. The molecule has 0 radical (unpaired) electrons. The van der Waals surface area contributed by atoms with Crippen LogP contribution in [0.3, 0.4) is 0 Å².